The van der Waals surface area contributed by atoms with Crippen LogP contribution in [-0.2, 0) is 13.1 Å². The van der Waals surface area contributed by atoms with Crippen molar-refractivity contribution in [2.75, 3.05) is 20.1 Å². The van der Waals surface area contributed by atoms with Crippen LogP contribution in [0.4, 0.5) is 4.39 Å². The summed E-state index contributed by atoms with van der Waals surface area (Å²) >= 11 is 0. The summed E-state index contributed by atoms with van der Waals surface area (Å²) in [7, 11) is 1.91. The van der Waals surface area contributed by atoms with Crippen LogP contribution in [0.5, 0.6) is 0 Å². The first-order chi connectivity index (χ1) is 9.08. The van der Waals surface area contributed by atoms with Gasteiger partial charge in [0.05, 0.1) is 0 Å². The molecule has 1 aromatic rings. The van der Waals surface area contributed by atoms with Gasteiger partial charge in [-0.1, -0.05) is 26.0 Å². The molecule has 106 valence electrons. The minimum atomic E-state index is -0.0780. The van der Waals surface area contributed by atoms with Crippen LogP contribution < -0.4 is 5.32 Å². The van der Waals surface area contributed by atoms with E-state index in [-0.39, 0.29) is 5.82 Å². The molecule has 2 unspecified atom stereocenters. The monoisotopic (exact) mass is 264 g/mol. The Hall–Kier alpha value is -0.930. The smallest absolute Gasteiger partial charge is 0.127 e. The van der Waals surface area contributed by atoms with Gasteiger partial charge < -0.3 is 5.32 Å². The second kappa shape index (κ2) is 6.49. The fourth-order valence-electron chi connectivity index (χ4n) is 3.23. The number of hydrogen-bond donors (Lipinski definition) is 1. The van der Waals surface area contributed by atoms with Crippen LogP contribution in [0.1, 0.15) is 31.4 Å². The van der Waals surface area contributed by atoms with Gasteiger partial charge in [0.1, 0.15) is 5.82 Å². The number of rotatable bonds is 4. The summed E-state index contributed by atoms with van der Waals surface area (Å²) in [6.07, 6.45) is 1.29. The minimum Gasteiger partial charge on any atom is -0.316 e. The summed E-state index contributed by atoms with van der Waals surface area (Å²) < 4.78 is 13.9. The summed E-state index contributed by atoms with van der Waals surface area (Å²) in [5, 5.41) is 3.11. The summed E-state index contributed by atoms with van der Waals surface area (Å²) in [5.41, 5.74) is 1.98. The Bertz CT molecular complexity index is 409. The van der Waals surface area contributed by atoms with E-state index >= 15 is 0 Å². The predicted octanol–water partition coefficient (Wildman–Crippen LogP) is 3.02. The van der Waals surface area contributed by atoms with E-state index < -0.39 is 0 Å². The van der Waals surface area contributed by atoms with Crippen molar-refractivity contribution < 1.29 is 4.39 Å². The summed E-state index contributed by atoms with van der Waals surface area (Å²) in [6, 6.07) is 5.45. The summed E-state index contributed by atoms with van der Waals surface area (Å²) in [5.74, 6) is 1.35. The molecule has 3 heteroatoms. The van der Waals surface area contributed by atoms with Gasteiger partial charge in [0.15, 0.2) is 0 Å². The van der Waals surface area contributed by atoms with Crippen molar-refractivity contribution in [3.8, 4) is 0 Å². The Morgan fingerprint density at radius 2 is 1.95 bits per heavy atom. The molecule has 1 fully saturated rings. The molecule has 1 heterocycles. The van der Waals surface area contributed by atoms with Crippen LogP contribution in [0.2, 0.25) is 0 Å². The number of piperidine rings is 1. The van der Waals surface area contributed by atoms with E-state index in [0.29, 0.717) is 11.8 Å². The van der Waals surface area contributed by atoms with E-state index in [1.807, 2.05) is 19.2 Å². The van der Waals surface area contributed by atoms with E-state index in [9.17, 15) is 4.39 Å². The summed E-state index contributed by atoms with van der Waals surface area (Å²) in [4.78, 5) is 2.39. The van der Waals surface area contributed by atoms with Gasteiger partial charge >= 0.3 is 0 Å². The van der Waals surface area contributed by atoms with E-state index in [0.717, 1.165) is 37.3 Å². The zero-order valence-electron chi connectivity index (χ0n) is 12.2. The Labute approximate surface area is 116 Å². The normalized spacial score (nSPS) is 24.6. The average Bonchev–Trinajstić information content (AvgIpc) is 2.32. The SMILES string of the molecule is CNCc1ccc(F)c(CN2CC(C)CC(C)C2)c1. The van der Waals surface area contributed by atoms with Crippen LogP contribution in [0.3, 0.4) is 0 Å². The number of nitrogens with zero attached hydrogens (tertiary/aromatic N) is 1. The van der Waals surface area contributed by atoms with Gasteiger partial charge in [0.2, 0.25) is 0 Å². The molecule has 2 rings (SSSR count). The lowest BCUT2D eigenvalue weighted by Crippen LogP contribution is -2.38. The van der Waals surface area contributed by atoms with E-state index in [4.69, 9.17) is 0 Å². The highest BCUT2D eigenvalue weighted by atomic mass is 19.1. The molecule has 1 aromatic carbocycles. The number of likely N-dealkylation sites (tertiary alicyclic amines) is 1. The lowest BCUT2D eigenvalue weighted by molar-refractivity contribution is 0.133. The maximum atomic E-state index is 13.9. The highest BCUT2D eigenvalue weighted by Crippen LogP contribution is 2.23. The van der Waals surface area contributed by atoms with Crippen molar-refractivity contribution in [3.05, 3.63) is 35.1 Å². The first-order valence-electron chi connectivity index (χ1n) is 7.22. The van der Waals surface area contributed by atoms with E-state index in [1.54, 1.807) is 6.07 Å². The quantitative estimate of drug-likeness (QED) is 0.899. The Kier molecular flexibility index (Phi) is 4.94. The van der Waals surface area contributed by atoms with Crippen molar-refractivity contribution in [3.63, 3.8) is 0 Å². The molecule has 0 amide bonds. The van der Waals surface area contributed by atoms with Crippen molar-refractivity contribution in [2.24, 2.45) is 11.8 Å². The Morgan fingerprint density at radius 3 is 2.58 bits per heavy atom. The second-order valence-corrected chi connectivity index (χ2v) is 6.10. The van der Waals surface area contributed by atoms with Gasteiger partial charge in [-0.05, 0) is 36.9 Å². The lowest BCUT2D eigenvalue weighted by Gasteiger charge is -2.35. The van der Waals surface area contributed by atoms with Crippen LogP contribution in [0.15, 0.2) is 18.2 Å². The van der Waals surface area contributed by atoms with Crippen LogP contribution >= 0.6 is 0 Å². The highest BCUT2D eigenvalue weighted by molar-refractivity contribution is 5.25. The second-order valence-electron chi connectivity index (χ2n) is 6.10. The molecule has 1 saturated heterocycles. The molecule has 2 nitrogen and oxygen atoms in total. The van der Waals surface area contributed by atoms with Gasteiger partial charge in [-0.2, -0.15) is 0 Å². The van der Waals surface area contributed by atoms with Crippen LogP contribution in [0, 0.1) is 17.7 Å². The van der Waals surface area contributed by atoms with Crippen molar-refractivity contribution >= 4 is 0 Å². The molecule has 0 aromatic heterocycles. The first-order valence-corrected chi connectivity index (χ1v) is 7.22. The molecule has 0 saturated carbocycles. The molecular weight excluding hydrogens is 239 g/mol. The number of hydrogen-bond acceptors (Lipinski definition) is 2. The molecule has 19 heavy (non-hydrogen) atoms. The summed E-state index contributed by atoms with van der Waals surface area (Å²) in [6.45, 7) is 8.27. The Morgan fingerprint density at radius 1 is 1.26 bits per heavy atom. The van der Waals surface area contributed by atoms with Gasteiger partial charge in [-0.25, -0.2) is 4.39 Å². The lowest BCUT2D eigenvalue weighted by atomic mass is 9.91. The number of halogens is 1. The van der Waals surface area contributed by atoms with Gasteiger partial charge in [-0.15, -0.1) is 0 Å². The number of benzene rings is 1. The van der Waals surface area contributed by atoms with Crippen LogP contribution in [-0.4, -0.2) is 25.0 Å². The highest BCUT2D eigenvalue weighted by Gasteiger charge is 2.22. The molecule has 0 radical (unpaired) electrons. The molecular formula is C16H25FN2. The molecule has 1 aliphatic rings. The zero-order valence-corrected chi connectivity index (χ0v) is 12.2. The van der Waals surface area contributed by atoms with Gasteiger partial charge in [-0.3, -0.25) is 4.90 Å². The first kappa shape index (κ1) is 14.5. The topological polar surface area (TPSA) is 15.3 Å². The number of nitrogens with one attached hydrogen (secondary N) is 1. The molecule has 1 aliphatic heterocycles. The van der Waals surface area contributed by atoms with Gasteiger partial charge in [0.25, 0.3) is 0 Å². The maximum Gasteiger partial charge on any atom is 0.127 e. The van der Waals surface area contributed by atoms with Gasteiger partial charge in [0, 0.05) is 31.7 Å². The standard InChI is InChI=1S/C16H25FN2/c1-12-6-13(2)10-19(9-12)11-15-7-14(8-18-3)4-5-16(15)17/h4-5,7,12-13,18H,6,8-11H2,1-3H3. The third kappa shape index (κ3) is 4.02. The molecule has 0 spiro atoms. The molecule has 0 bridgehead atoms. The maximum absolute atomic E-state index is 13.9. The predicted molar refractivity (Wildman–Crippen MR) is 77.4 cm³/mol. The molecule has 2 atom stereocenters. The van der Waals surface area contributed by atoms with Crippen molar-refractivity contribution in [2.45, 2.75) is 33.4 Å². The largest absolute Gasteiger partial charge is 0.316 e. The van der Waals surface area contributed by atoms with Crippen molar-refractivity contribution in [1.29, 1.82) is 0 Å². The van der Waals surface area contributed by atoms with Crippen LogP contribution in [0.25, 0.3) is 0 Å². The molecule has 1 N–H and O–H groups in total. The third-order valence-corrected chi connectivity index (χ3v) is 3.83. The fourth-order valence-corrected chi connectivity index (χ4v) is 3.23. The average molecular weight is 264 g/mol. The van der Waals surface area contributed by atoms with E-state index in [2.05, 4.69) is 24.1 Å². The van der Waals surface area contributed by atoms with Crippen molar-refractivity contribution in [1.82, 2.24) is 10.2 Å². The van der Waals surface area contributed by atoms with E-state index in [1.165, 1.54) is 6.42 Å². The third-order valence-electron chi connectivity index (χ3n) is 3.83. The zero-order chi connectivity index (χ0) is 13.8. The minimum absolute atomic E-state index is 0.0780. The fraction of sp³-hybridized carbons (Fsp3) is 0.625. The Balaban J connectivity index is 2.07. The molecule has 0 aliphatic carbocycles.